The first-order chi connectivity index (χ1) is 5.25. The Balaban J connectivity index is 2.93. The Bertz CT molecular complexity index is 237. The fourth-order valence-electron chi connectivity index (χ4n) is 0.895. The van der Waals surface area contributed by atoms with Gasteiger partial charge in [0.05, 0.1) is 0 Å². The SMILES string of the molecule is CC[C@@H](N)c1cccnc1Cl. The zero-order valence-corrected chi connectivity index (χ0v) is 7.17. The van der Waals surface area contributed by atoms with E-state index in [9.17, 15) is 0 Å². The van der Waals surface area contributed by atoms with Gasteiger partial charge in [0, 0.05) is 17.8 Å². The van der Waals surface area contributed by atoms with Crippen molar-refractivity contribution in [1.29, 1.82) is 0 Å². The van der Waals surface area contributed by atoms with E-state index in [-0.39, 0.29) is 6.04 Å². The molecule has 1 heterocycles. The highest BCUT2D eigenvalue weighted by atomic mass is 35.5. The van der Waals surface area contributed by atoms with Crippen molar-refractivity contribution in [3.05, 3.63) is 29.0 Å². The van der Waals surface area contributed by atoms with Gasteiger partial charge in [-0.15, -0.1) is 0 Å². The number of nitrogens with two attached hydrogens (primary N) is 1. The summed E-state index contributed by atoms with van der Waals surface area (Å²) in [6, 6.07) is 3.76. The van der Waals surface area contributed by atoms with Crippen molar-refractivity contribution >= 4 is 11.6 Å². The molecule has 0 radical (unpaired) electrons. The van der Waals surface area contributed by atoms with Gasteiger partial charge in [0.25, 0.3) is 0 Å². The highest BCUT2D eigenvalue weighted by Crippen LogP contribution is 2.19. The van der Waals surface area contributed by atoms with Gasteiger partial charge >= 0.3 is 0 Å². The molecular weight excluding hydrogens is 160 g/mol. The summed E-state index contributed by atoms with van der Waals surface area (Å²) in [4.78, 5) is 3.93. The maximum absolute atomic E-state index is 5.81. The molecule has 0 unspecified atom stereocenters. The summed E-state index contributed by atoms with van der Waals surface area (Å²) in [6.45, 7) is 2.02. The minimum absolute atomic E-state index is 0.0104. The first kappa shape index (κ1) is 8.50. The number of rotatable bonds is 2. The monoisotopic (exact) mass is 170 g/mol. The normalized spacial score (nSPS) is 13.0. The third-order valence-electron chi connectivity index (χ3n) is 1.63. The summed E-state index contributed by atoms with van der Waals surface area (Å²) in [6.07, 6.45) is 2.54. The number of aromatic nitrogens is 1. The first-order valence-corrected chi connectivity index (χ1v) is 3.99. The molecule has 1 aromatic rings. The Morgan fingerprint density at radius 2 is 2.45 bits per heavy atom. The van der Waals surface area contributed by atoms with Crippen LogP contribution in [0.15, 0.2) is 18.3 Å². The average molecular weight is 171 g/mol. The van der Waals surface area contributed by atoms with Gasteiger partial charge in [-0.25, -0.2) is 4.98 Å². The second-order valence-corrected chi connectivity index (χ2v) is 2.76. The third kappa shape index (κ3) is 1.91. The number of hydrogen-bond donors (Lipinski definition) is 1. The quantitative estimate of drug-likeness (QED) is 0.691. The Kier molecular flexibility index (Phi) is 2.85. The van der Waals surface area contributed by atoms with Crippen LogP contribution in [0.1, 0.15) is 24.9 Å². The summed E-state index contributed by atoms with van der Waals surface area (Å²) < 4.78 is 0. The van der Waals surface area contributed by atoms with E-state index < -0.39 is 0 Å². The Morgan fingerprint density at radius 3 is 3.00 bits per heavy atom. The van der Waals surface area contributed by atoms with Crippen molar-refractivity contribution < 1.29 is 0 Å². The molecule has 2 nitrogen and oxygen atoms in total. The zero-order chi connectivity index (χ0) is 8.27. The van der Waals surface area contributed by atoms with E-state index >= 15 is 0 Å². The zero-order valence-electron chi connectivity index (χ0n) is 6.42. The molecule has 0 amide bonds. The molecule has 0 aliphatic carbocycles. The van der Waals surface area contributed by atoms with Gasteiger partial charge < -0.3 is 5.73 Å². The Labute approximate surface area is 71.4 Å². The molecule has 0 saturated carbocycles. The molecule has 0 bridgehead atoms. The summed E-state index contributed by atoms with van der Waals surface area (Å²) in [5.74, 6) is 0. The predicted molar refractivity (Wildman–Crippen MR) is 46.5 cm³/mol. The van der Waals surface area contributed by atoms with Crippen LogP contribution in [0.25, 0.3) is 0 Å². The lowest BCUT2D eigenvalue weighted by Gasteiger charge is -2.08. The van der Waals surface area contributed by atoms with Crippen molar-refractivity contribution in [1.82, 2.24) is 4.98 Å². The lowest BCUT2D eigenvalue weighted by molar-refractivity contribution is 0.695. The van der Waals surface area contributed by atoms with Crippen LogP contribution in [0.3, 0.4) is 0 Å². The largest absolute Gasteiger partial charge is 0.324 e. The van der Waals surface area contributed by atoms with Crippen molar-refractivity contribution in [2.75, 3.05) is 0 Å². The molecule has 0 spiro atoms. The molecule has 1 aromatic heterocycles. The lowest BCUT2D eigenvalue weighted by Crippen LogP contribution is -2.09. The van der Waals surface area contributed by atoms with Crippen LogP contribution < -0.4 is 5.73 Å². The smallest absolute Gasteiger partial charge is 0.133 e. The third-order valence-corrected chi connectivity index (χ3v) is 1.94. The molecular formula is C8H11ClN2. The van der Waals surface area contributed by atoms with Gasteiger partial charge in [0.2, 0.25) is 0 Å². The van der Waals surface area contributed by atoms with E-state index in [1.54, 1.807) is 6.20 Å². The lowest BCUT2D eigenvalue weighted by atomic mass is 10.1. The Hall–Kier alpha value is -0.600. The van der Waals surface area contributed by atoms with E-state index in [0.717, 1.165) is 12.0 Å². The van der Waals surface area contributed by atoms with Gasteiger partial charge in [-0.3, -0.25) is 0 Å². The van der Waals surface area contributed by atoms with E-state index in [1.165, 1.54) is 0 Å². The summed E-state index contributed by atoms with van der Waals surface area (Å²) >= 11 is 5.81. The summed E-state index contributed by atoms with van der Waals surface area (Å²) in [5, 5.41) is 0.516. The van der Waals surface area contributed by atoms with Gasteiger partial charge in [0.15, 0.2) is 0 Å². The minimum atomic E-state index is 0.0104. The molecule has 0 aromatic carbocycles. The second-order valence-electron chi connectivity index (χ2n) is 2.40. The molecule has 0 saturated heterocycles. The van der Waals surface area contributed by atoms with Crippen LogP contribution in [0.2, 0.25) is 5.15 Å². The maximum Gasteiger partial charge on any atom is 0.133 e. The van der Waals surface area contributed by atoms with Crippen LogP contribution in [-0.2, 0) is 0 Å². The van der Waals surface area contributed by atoms with Gasteiger partial charge in [0.1, 0.15) is 5.15 Å². The number of pyridine rings is 1. The van der Waals surface area contributed by atoms with E-state index in [2.05, 4.69) is 4.98 Å². The fraction of sp³-hybridized carbons (Fsp3) is 0.375. The number of halogens is 1. The second kappa shape index (κ2) is 3.69. The minimum Gasteiger partial charge on any atom is -0.324 e. The van der Waals surface area contributed by atoms with Crippen LogP contribution in [0.4, 0.5) is 0 Å². The van der Waals surface area contributed by atoms with Crippen LogP contribution in [0, 0.1) is 0 Å². The molecule has 60 valence electrons. The van der Waals surface area contributed by atoms with Crippen molar-refractivity contribution in [2.24, 2.45) is 5.73 Å². The van der Waals surface area contributed by atoms with Crippen LogP contribution in [0.5, 0.6) is 0 Å². The predicted octanol–water partition coefficient (Wildman–Crippen LogP) is 2.14. The van der Waals surface area contributed by atoms with Crippen LogP contribution >= 0.6 is 11.6 Å². The molecule has 11 heavy (non-hydrogen) atoms. The van der Waals surface area contributed by atoms with E-state index in [0.29, 0.717) is 5.15 Å². The van der Waals surface area contributed by atoms with Crippen LogP contribution in [-0.4, -0.2) is 4.98 Å². The van der Waals surface area contributed by atoms with Crippen molar-refractivity contribution in [2.45, 2.75) is 19.4 Å². The van der Waals surface area contributed by atoms with Gasteiger partial charge in [-0.05, 0) is 12.5 Å². The summed E-state index contributed by atoms with van der Waals surface area (Å²) in [7, 11) is 0. The van der Waals surface area contributed by atoms with E-state index in [1.807, 2.05) is 19.1 Å². The standard InChI is InChI=1S/C8H11ClN2/c1-2-7(10)6-4-3-5-11-8(6)9/h3-5,7H,2,10H2,1H3/t7-/m1/s1. The molecule has 3 heteroatoms. The number of hydrogen-bond acceptors (Lipinski definition) is 2. The van der Waals surface area contributed by atoms with E-state index in [4.69, 9.17) is 17.3 Å². The highest BCUT2D eigenvalue weighted by molar-refractivity contribution is 6.30. The molecule has 2 N–H and O–H groups in total. The van der Waals surface area contributed by atoms with Gasteiger partial charge in [-0.1, -0.05) is 24.6 Å². The van der Waals surface area contributed by atoms with Crippen molar-refractivity contribution in [3.63, 3.8) is 0 Å². The topological polar surface area (TPSA) is 38.9 Å². The molecule has 0 aliphatic rings. The average Bonchev–Trinajstić information content (AvgIpc) is 2.04. The van der Waals surface area contributed by atoms with Gasteiger partial charge in [-0.2, -0.15) is 0 Å². The Morgan fingerprint density at radius 1 is 1.73 bits per heavy atom. The fourth-order valence-corrected chi connectivity index (χ4v) is 1.15. The molecule has 1 atom stereocenters. The molecule has 0 fully saturated rings. The maximum atomic E-state index is 5.81. The van der Waals surface area contributed by atoms with Crippen molar-refractivity contribution in [3.8, 4) is 0 Å². The summed E-state index contributed by atoms with van der Waals surface area (Å²) in [5.41, 5.74) is 6.70. The molecule has 1 rings (SSSR count). The highest BCUT2D eigenvalue weighted by Gasteiger charge is 2.06. The number of nitrogens with zero attached hydrogens (tertiary/aromatic N) is 1. The first-order valence-electron chi connectivity index (χ1n) is 3.61. The molecule has 0 aliphatic heterocycles.